The Hall–Kier alpha value is -1.39. The van der Waals surface area contributed by atoms with Gasteiger partial charge in [0.2, 0.25) is 0 Å². The van der Waals surface area contributed by atoms with E-state index in [9.17, 15) is 9.90 Å². The minimum atomic E-state index is -0.110. The molecule has 86 valence electrons. The second-order valence-electron chi connectivity index (χ2n) is 3.91. The number of nitrogens with one attached hydrogen (secondary N) is 1. The Bertz CT molecular complexity index is 353. The van der Waals surface area contributed by atoms with E-state index in [2.05, 4.69) is 5.32 Å². The molecule has 1 fully saturated rings. The Morgan fingerprint density at radius 2 is 2.19 bits per heavy atom. The summed E-state index contributed by atoms with van der Waals surface area (Å²) < 4.78 is 0. The average molecular weight is 220 g/mol. The Labute approximate surface area is 94.9 Å². The normalized spacial score (nSPS) is 20.8. The first kappa shape index (κ1) is 11.1. The molecule has 1 atom stereocenters. The highest BCUT2D eigenvalue weighted by Gasteiger charge is 2.26. The number of nitrogens with zero attached hydrogens (tertiary/aromatic N) is 1. The molecule has 2 rings (SSSR count). The van der Waals surface area contributed by atoms with Gasteiger partial charge < -0.3 is 15.3 Å². The molecule has 0 radical (unpaired) electrons. The highest BCUT2D eigenvalue weighted by molar-refractivity contribution is 5.94. The van der Waals surface area contributed by atoms with Gasteiger partial charge in [-0.1, -0.05) is 18.2 Å². The summed E-state index contributed by atoms with van der Waals surface area (Å²) in [6.07, 6.45) is 0. The van der Waals surface area contributed by atoms with Crippen LogP contribution in [0.2, 0.25) is 0 Å². The molecule has 0 bridgehead atoms. The quantitative estimate of drug-likeness (QED) is 0.743. The number of carbonyl (C=O) groups is 1. The summed E-state index contributed by atoms with van der Waals surface area (Å²) in [6.45, 7) is 2.11. The Morgan fingerprint density at radius 1 is 1.44 bits per heavy atom. The Morgan fingerprint density at radius 3 is 2.88 bits per heavy atom. The first-order chi connectivity index (χ1) is 7.83. The smallest absolute Gasteiger partial charge is 0.254 e. The highest BCUT2D eigenvalue weighted by atomic mass is 16.3. The van der Waals surface area contributed by atoms with Crippen LogP contribution in [0, 0.1) is 0 Å². The van der Waals surface area contributed by atoms with E-state index >= 15 is 0 Å². The molecule has 0 saturated carbocycles. The van der Waals surface area contributed by atoms with Crippen LogP contribution in [0.1, 0.15) is 10.4 Å². The molecule has 2 N–H and O–H groups in total. The van der Waals surface area contributed by atoms with Crippen LogP contribution in [0.15, 0.2) is 30.3 Å². The van der Waals surface area contributed by atoms with E-state index in [4.69, 9.17) is 0 Å². The van der Waals surface area contributed by atoms with E-state index in [-0.39, 0.29) is 18.6 Å². The second-order valence-corrected chi connectivity index (χ2v) is 3.91. The van der Waals surface area contributed by atoms with Gasteiger partial charge in [0, 0.05) is 25.2 Å². The van der Waals surface area contributed by atoms with Crippen LogP contribution in [-0.2, 0) is 0 Å². The molecule has 1 aliphatic heterocycles. The molecular formula is C12H16N2O2. The molecule has 0 spiro atoms. The molecule has 1 saturated heterocycles. The van der Waals surface area contributed by atoms with E-state index in [0.717, 1.165) is 6.54 Å². The summed E-state index contributed by atoms with van der Waals surface area (Å²) >= 11 is 0. The lowest BCUT2D eigenvalue weighted by Gasteiger charge is -2.35. The fourth-order valence-electron chi connectivity index (χ4n) is 1.94. The van der Waals surface area contributed by atoms with Crippen molar-refractivity contribution in [2.75, 3.05) is 26.2 Å². The minimum Gasteiger partial charge on any atom is -0.394 e. The van der Waals surface area contributed by atoms with Crippen molar-refractivity contribution in [3.05, 3.63) is 35.9 Å². The number of amides is 1. The Balaban J connectivity index is 2.14. The third-order valence-electron chi connectivity index (χ3n) is 2.84. The fraction of sp³-hybridized carbons (Fsp3) is 0.417. The summed E-state index contributed by atoms with van der Waals surface area (Å²) in [6, 6.07) is 9.09. The third-order valence-corrected chi connectivity index (χ3v) is 2.84. The van der Waals surface area contributed by atoms with Crippen molar-refractivity contribution in [3.63, 3.8) is 0 Å². The molecule has 4 nitrogen and oxygen atoms in total. The molecule has 16 heavy (non-hydrogen) atoms. The van der Waals surface area contributed by atoms with Crippen LogP contribution in [0.5, 0.6) is 0 Å². The minimum absolute atomic E-state index is 0.00106. The molecule has 1 aliphatic rings. The summed E-state index contributed by atoms with van der Waals surface area (Å²) in [4.78, 5) is 13.9. The van der Waals surface area contributed by atoms with E-state index in [0.29, 0.717) is 18.7 Å². The maximum atomic E-state index is 12.2. The Kier molecular flexibility index (Phi) is 3.54. The van der Waals surface area contributed by atoms with E-state index in [1.165, 1.54) is 0 Å². The highest BCUT2D eigenvalue weighted by Crippen LogP contribution is 2.09. The van der Waals surface area contributed by atoms with Gasteiger partial charge in [-0.2, -0.15) is 0 Å². The summed E-state index contributed by atoms with van der Waals surface area (Å²) in [5, 5.41) is 12.4. The zero-order valence-corrected chi connectivity index (χ0v) is 9.10. The van der Waals surface area contributed by atoms with Gasteiger partial charge in [0.05, 0.1) is 12.6 Å². The molecular weight excluding hydrogens is 204 g/mol. The van der Waals surface area contributed by atoms with Gasteiger partial charge in [-0.05, 0) is 12.1 Å². The van der Waals surface area contributed by atoms with Crippen molar-refractivity contribution < 1.29 is 9.90 Å². The van der Waals surface area contributed by atoms with Gasteiger partial charge in [-0.15, -0.1) is 0 Å². The van der Waals surface area contributed by atoms with Crippen molar-refractivity contribution in [1.82, 2.24) is 10.2 Å². The predicted molar refractivity (Wildman–Crippen MR) is 61.2 cm³/mol. The lowest BCUT2D eigenvalue weighted by molar-refractivity contribution is 0.0536. The van der Waals surface area contributed by atoms with E-state index in [1.54, 1.807) is 17.0 Å². The van der Waals surface area contributed by atoms with Gasteiger partial charge >= 0.3 is 0 Å². The number of piperazine rings is 1. The first-order valence-electron chi connectivity index (χ1n) is 5.50. The summed E-state index contributed by atoms with van der Waals surface area (Å²) in [7, 11) is 0. The van der Waals surface area contributed by atoms with Gasteiger partial charge in [0.1, 0.15) is 0 Å². The number of benzene rings is 1. The maximum absolute atomic E-state index is 12.2. The zero-order valence-electron chi connectivity index (χ0n) is 9.10. The molecule has 1 aromatic rings. The molecule has 1 aromatic carbocycles. The maximum Gasteiger partial charge on any atom is 0.254 e. The van der Waals surface area contributed by atoms with Crippen LogP contribution >= 0.6 is 0 Å². The van der Waals surface area contributed by atoms with Crippen molar-refractivity contribution in [2.24, 2.45) is 0 Å². The second kappa shape index (κ2) is 5.09. The predicted octanol–water partition coefficient (Wildman–Crippen LogP) is 0.0929. The number of hydrogen-bond donors (Lipinski definition) is 2. The van der Waals surface area contributed by atoms with Crippen LogP contribution < -0.4 is 5.32 Å². The average Bonchev–Trinajstić information content (AvgIpc) is 2.39. The summed E-state index contributed by atoms with van der Waals surface area (Å²) in [5.74, 6) is 0.00106. The standard InChI is InChI=1S/C12H16N2O2/c15-9-11-8-13-6-7-14(11)12(16)10-4-2-1-3-5-10/h1-5,11,13,15H,6-9H2. The number of aliphatic hydroxyl groups is 1. The van der Waals surface area contributed by atoms with Crippen LogP contribution in [-0.4, -0.2) is 48.2 Å². The van der Waals surface area contributed by atoms with E-state index in [1.807, 2.05) is 18.2 Å². The van der Waals surface area contributed by atoms with Crippen molar-refractivity contribution in [3.8, 4) is 0 Å². The third kappa shape index (κ3) is 2.23. The molecule has 0 aromatic heterocycles. The van der Waals surface area contributed by atoms with Gasteiger partial charge in [0.15, 0.2) is 0 Å². The topological polar surface area (TPSA) is 52.6 Å². The summed E-state index contributed by atoms with van der Waals surface area (Å²) in [5.41, 5.74) is 0.683. The molecule has 1 heterocycles. The van der Waals surface area contributed by atoms with E-state index < -0.39 is 0 Å². The van der Waals surface area contributed by atoms with Gasteiger partial charge in [-0.3, -0.25) is 4.79 Å². The zero-order chi connectivity index (χ0) is 11.4. The SMILES string of the molecule is O=C(c1ccccc1)N1CCNCC1CO. The van der Waals surface area contributed by atoms with Crippen LogP contribution in [0.4, 0.5) is 0 Å². The monoisotopic (exact) mass is 220 g/mol. The van der Waals surface area contributed by atoms with Crippen molar-refractivity contribution in [1.29, 1.82) is 0 Å². The molecule has 4 heteroatoms. The number of aliphatic hydroxyl groups excluding tert-OH is 1. The lowest BCUT2D eigenvalue weighted by Crippen LogP contribution is -2.55. The van der Waals surface area contributed by atoms with Gasteiger partial charge in [-0.25, -0.2) is 0 Å². The number of rotatable bonds is 2. The number of carbonyl (C=O) groups excluding carboxylic acids is 1. The van der Waals surface area contributed by atoms with Crippen molar-refractivity contribution >= 4 is 5.91 Å². The largest absolute Gasteiger partial charge is 0.394 e. The first-order valence-corrected chi connectivity index (χ1v) is 5.50. The van der Waals surface area contributed by atoms with Crippen LogP contribution in [0.25, 0.3) is 0 Å². The molecule has 1 amide bonds. The van der Waals surface area contributed by atoms with Crippen molar-refractivity contribution in [2.45, 2.75) is 6.04 Å². The van der Waals surface area contributed by atoms with Crippen LogP contribution in [0.3, 0.4) is 0 Å². The lowest BCUT2D eigenvalue weighted by atomic mass is 10.1. The molecule has 0 aliphatic carbocycles. The molecule has 1 unspecified atom stereocenters. The van der Waals surface area contributed by atoms with Gasteiger partial charge in [0.25, 0.3) is 5.91 Å². The fourth-order valence-corrected chi connectivity index (χ4v) is 1.94. The number of hydrogen-bond acceptors (Lipinski definition) is 3.